The van der Waals surface area contributed by atoms with Crippen LogP contribution in [-0.2, 0) is 4.79 Å². The monoisotopic (exact) mass is 253 g/mol. The summed E-state index contributed by atoms with van der Waals surface area (Å²) in [5, 5.41) is 4.56. The third kappa shape index (κ3) is 3.06. The Kier molecular flexibility index (Phi) is 4.18. The summed E-state index contributed by atoms with van der Waals surface area (Å²) in [6.07, 6.45) is 9.57. The number of carbonyl (C=O) groups is 1. The third-order valence-electron chi connectivity index (χ3n) is 4.08. The molecule has 1 heterocycles. The van der Waals surface area contributed by atoms with Gasteiger partial charge < -0.3 is 5.32 Å². The number of allylic oxidation sites excluding steroid dienone is 1. The van der Waals surface area contributed by atoms with Crippen LogP contribution in [0.1, 0.15) is 52.4 Å². The van der Waals surface area contributed by atoms with Crippen molar-refractivity contribution in [2.45, 2.75) is 57.1 Å². The van der Waals surface area contributed by atoms with E-state index in [4.69, 9.17) is 0 Å². The van der Waals surface area contributed by atoms with E-state index >= 15 is 0 Å². The largest absolute Gasteiger partial charge is 0.379 e. The number of thioether (sulfide) groups is 1. The molecular formula is C14H23NOS. The second-order valence-corrected chi connectivity index (χ2v) is 6.99. The normalized spacial score (nSPS) is 30.5. The zero-order chi connectivity index (χ0) is 12.3. The van der Waals surface area contributed by atoms with Gasteiger partial charge in [0, 0.05) is 12.6 Å². The van der Waals surface area contributed by atoms with Gasteiger partial charge in [-0.25, -0.2) is 0 Å². The van der Waals surface area contributed by atoms with E-state index in [2.05, 4.69) is 12.2 Å². The Labute approximate surface area is 109 Å². The molecule has 0 saturated heterocycles. The van der Waals surface area contributed by atoms with Gasteiger partial charge in [0.15, 0.2) is 5.78 Å². The molecule has 1 N–H and O–H groups in total. The van der Waals surface area contributed by atoms with E-state index in [1.54, 1.807) is 17.8 Å². The summed E-state index contributed by atoms with van der Waals surface area (Å²) in [5.41, 5.74) is 0. The van der Waals surface area contributed by atoms with Crippen molar-refractivity contribution in [2.24, 2.45) is 5.92 Å². The Hall–Kier alpha value is -0.440. The number of hydrogen-bond acceptors (Lipinski definition) is 3. The SMILES string of the molecule is CCC1(C)SC(NCC2CCCCC2)=CC1=O. The average molecular weight is 253 g/mol. The van der Waals surface area contributed by atoms with Gasteiger partial charge in [-0.1, -0.05) is 37.9 Å². The molecule has 0 aromatic rings. The molecule has 1 unspecified atom stereocenters. The van der Waals surface area contributed by atoms with E-state index in [1.807, 2.05) is 6.92 Å². The minimum Gasteiger partial charge on any atom is -0.379 e. The highest BCUT2D eigenvalue weighted by molar-refractivity contribution is 8.05. The fourth-order valence-corrected chi connectivity index (χ4v) is 3.67. The summed E-state index contributed by atoms with van der Waals surface area (Å²) in [6, 6.07) is 0. The van der Waals surface area contributed by atoms with Crippen LogP contribution in [0.15, 0.2) is 11.1 Å². The molecular weight excluding hydrogens is 230 g/mol. The minimum atomic E-state index is -0.213. The molecule has 1 fully saturated rings. The molecule has 1 atom stereocenters. The van der Waals surface area contributed by atoms with Gasteiger partial charge in [-0.05, 0) is 32.1 Å². The molecule has 0 bridgehead atoms. The second kappa shape index (κ2) is 5.47. The molecule has 1 aliphatic carbocycles. The third-order valence-corrected chi connectivity index (χ3v) is 5.51. The van der Waals surface area contributed by atoms with Crippen LogP contribution in [0.3, 0.4) is 0 Å². The molecule has 17 heavy (non-hydrogen) atoms. The van der Waals surface area contributed by atoms with Gasteiger partial charge in [-0.3, -0.25) is 4.79 Å². The lowest BCUT2D eigenvalue weighted by Gasteiger charge is -2.23. The maximum Gasteiger partial charge on any atom is 0.174 e. The predicted molar refractivity (Wildman–Crippen MR) is 74.0 cm³/mol. The maximum absolute atomic E-state index is 11.9. The Morgan fingerprint density at radius 2 is 2.12 bits per heavy atom. The number of carbonyl (C=O) groups excluding carboxylic acids is 1. The van der Waals surface area contributed by atoms with Crippen LogP contribution in [0, 0.1) is 5.92 Å². The van der Waals surface area contributed by atoms with Gasteiger partial charge in [0.05, 0.1) is 9.78 Å². The summed E-state index contributed by atoms with van der Waals surface area (Å²) in [5.74, 6) is 1.09. The number of ketones is 1. The second-order valence-electron chi connectivity index (χ2n) is 5.44. The van der Waals surface area contributed by atoms with E-state index in [0.29, 0.717) is 0 Å². The number of rotatable bonds is 4. The van der Waals surface area contributed by atoms with Gasteiger partial charge in [0.2, 0.25) is 0 Å². The molecule has 0 radical (unpaired) electrons. The molecule has 0 amide bonds. The fourth-order valence-electron chi connectivity index (χ4n) is 2.56. The van der Waals surface area contributed by atoms with Gasteiger partial charge in [0.25, 0.3) is 0 Å². The van der Waals surface area contributed by atoms with E-state index in [9.17, 15) is 4.79 Å². The van der Waals surface area contributed by atoms with Crippen LogP contribution in [0.2, 0.25) is 0 Å². The first-order chi connectivity index (χ1) is 8.14. The molecule has 3 heteroatoms. The Balaban J connectivity index is 1.81. The minimum absolute atomic E-state index is 0.213. The van der Waals surface area contributed by atoms with E-state index in [1.165, 1.54) is 32.1 Å². The fraction of sp³-hybridized carbons (Fsp3) is 0.786. The molecule has 1 aliphatic heterocycles. The molecule has 0 aromatic carbocycles. The number of nitrogens with one attached hydrogen (secondary N) is 1. The van der Waals surface area contributed by atoms with E-state index in [0.717, 1.165) is 23.9 Å². The molecule has 96 valence electrons. The van der Waals surface area contributed by atoms with Gasteiger partial charge in [-0.15, -0.1) is 0 Å². The van der Waals surface area contributed by atoms with Crippen LogP contribution in [-0.4, -0.2) is 17.1 Å². The summed E-state index contributed by atoms with van der Waals surface area (Å²) in [6.45, 7) is 5.18. The lowest BCUT2D eigenvalue weighted by molar-refractivity contribution is -0.116. The summed E-state index contributed by atoms with van der Waals surface area (Å²) in [7, 11) is 0. The highest BCUT2D eigenvalue weighted by Crippen LogP contribution is 2.40. The van der Waals surface area contributed by atoms with E-state index in [-0.39, 0.29) is 10.5 Å². The van der Waals surface area contributed by atoms with Gasteiger partial charge >= 0.3 is 0 Å². The molecule has 1 saturated carbocycles. The summed E-state index contributed by atoms with van der Waals surface area (Å²) >= 11 is 1.71. The topological polar surface area (TPSA) is 29.1 Å². The van der Waals surface area contributed by atoms with Crippen LogP contribution < -0.4 is 5.32 Å². The molecule has 2 nitrogen and oxygen atoms in total. The maximum atomic E-state index is 11.9. The van der Waals surface area contributed by atoms with Crippen LogP contribution in [0.25, 0.3) is 0 Å². The van der Waals surface area contributed by atoms with Crippen molar-refractivity contribution in [2.75, 3.05) is 6.54 Å². The molecule has 0 spiro atoms. The zero-order valence-electron chi connectivity index (χ0n) is 10.9. The first-order valence-electron chi connectivity index (χ1n) is 6.83. The predicted octanol–water partition coefficient (Wildman–Crippen LogP) is 3.48. The zero-order valence-corrected chi connectivity index (χ0v) is 11.7. The van der Waals surface area contributed by atoms with Crippen molar-refractivity contribution in [3.63, 3.8) is 0 Å². The summed E-state index contributed by atoms with van der Waals surface area (Å²) in [4.78, 5) is 11.9. The molecule has 2 rings (SSSR count). The van der Waals surface area contributed by atoms with Gasteiger partial charge in [0.1, 0.15) is 0 Å². The Bertz CT molecular complexity index is 320. The van der Waals surface area contributed by atoms with Crippen molar-refractivity contribution in [3.05, 3.63) is 11.1 Å². The standard InChI is InChI=1S/C14H23NOS/c1-3-14(2)12(16)9-13(17-14)15-10-11-7-5-4-6-8-11/h9,11,15H,3-8,10H2,1-2H3. The van der Waals surface area contributed by atoms with Gasteiger partial charge in [-0.2, -0.15) is 0 Å². The van der Waals surface area contributed by atoms with Crippen molar-refractivity contribution in [3.8, 4) is 0 Å². The van der Waals surface area contributed by atoms with E-state index < -0.39 is 0 Å². The lowest BCUT2D eigenvalue weighted by Crippen LogP contribution is -2.26. The highest BCUT2D eigenvalue weighted by Gasteiger charge is 2.37. The van der Waals surface area contributed by atoms with Crippen LogP contribution >= 0.6 is 11.8 Å². The van der Waals surface area contributed by atoms with Crippen molar-refractivity contribution >= 4 is 17.5 Å². The van der Waals surface area contributed by atoms with Crippen molar-refractivity contribution < 1.29 is 4.79 Å². The van der Waals surface area contributed by atoms with Crippen LogP contribution in [0.4, 0.5) is 0 Å². The number of hydrogen-bond donors (Lipinski definition) is 1. The molecule has 0 aromatic heterocycles. The average Bonchev–Trinajstić information content (AvgIpc) is 2.65. The smallest absolute Gasteiger partial charge is 0.174 e. The van der Waals surface area contributed by atoms with Crippen molar-refractivity contribution in [1.29, 1.82) is 0 Å². The Morgan fingerprint density at radius 1 is 1.41 bits per heavy atom. The van der Waals surface area contributed by atoms with Crippen molar-refractivity contribution in [1.82, 2.24) is 5.32 Å². The Morgan fingerprint density at radius 3 is 2.71 bits per heavy atom. The highest BCUT2D eigenvalue weighted by atomic mass is 32.2. The summed E-state index contributed by atoms with van der Waals surface area (Å²) < 4.78 is -0.213. The molecule has 2 aliphatic rings. The quantitative estimate of drug-likeness (QED) is 0.831. The first kappa shape index (κ1) is 13.0. The lowest BCUT2D eigenvalue weighted by atomic mass is 9.89. The first-order valence-corrected chi connectivity index (χ1v) is 7.65. The van der Waals surface area contributed by atoms with Crippen LogP contribution in [0.5, 0.6) is 0 Å².